The summed E-state index contributed by atoms with van der Waals surface area (Å²) in [5, 5.41) is 15.0. The van der Waals surface area contributed by atoms with Crippen LogP contribution in [-0.2, 0) is 19.2 Å². The van der Waals surface area contributed by atoms with Crippen LogP contribution in [-0.4, -0.2) is 71.0 Å². The number of carboxylic acids is 1. The minimum Gasteiger partial charge on any atom is -0.480 e. The van der Waals surface area contributed by atoms with Crippen molar-refractivity contribution in [1.82, 2.24) is 15.5 Å². The van der Waals surface area contributed by atoms with Gasteiger partial charge in [0.15, 0.2) is 0 Å². The van der Waals surface area contributed by atoms with Crippen molar-refractivity contribution in [3.8, 4) is 0 Å². The van der Waals surface area contributed by atoms with Gasteiger partial charge in [0.1, 0.15) is 18.1 Å². The van der Waals surface area contributed by atoms with Crippen molar-refractivity contribution in [2.24, 2.45) is 23.3 Å². The summed E-state index contributed by atoms with van der Waals surface area (Å²) in [5.41, 5.74) is 11.6. The number of nitrogens with two attached hydrogens (primary N) is 2. The van der Waals surface area contributed by atoms with Crippen LogP contribution in [0.5, 0.6) is 0 Å². The third kappa shape index (κ3) is 8.92. The Bertz CT molecular complexity index is 672. The van der Waals surface area contributed by atoms with Gasteiger partial charge in [0.05, 0.1) is 6.04 Å². The molecule has 0 spiro atoms. The monoisotopic (exact) mass is 469 g/mol. The molecule has 10 heteroatoms. The maximum absolute atomic E-state index is 13.3. The molecule has 0 radical (unpaired) electrons. The van der Waals surface area contributed by atoms with Crippen molar-refractivity contribution in [3.05, 3.63) is 0 Å². The Labute approximate surface area is 197 Å². The number of amides is 3. The fraction of sp³-hybridized carbons (Fsp3) is 0.826. The van der Waals surface area contributed by atoms with E-state index in [0.29, 0.717) is 58.0 Å². The minimum atomic E-state index is -1.04. The lowest BCUT2D eigenvalue weighted by Crippen LogP contribution is -2.58. The smallest absolute Gasteiger partial charge is 0.326 e. The van der Waals surface area contributed by atoms with Gasteiger partial charge in [-0.25, -0.2) is 4.79 Å². The highest BCUT2D eigenvalue weighted by Crippen LogP contribution is 2.21. The molecule has 1 heterocycles. The van der Waals surface area contributed by atoms with Crippen molar-refractivity contribution in [3.63, 3.8) is 0 Å². The Kier molecular flexibility index (Phi) is 12.4. The average molecular weight is 470 g/mol. The topological polar surface area (TPSA) is 168 Å². The number of likely N-dealkylation sites (tertiary alicyclic amines) is 1. The average Bonchev–Trinajstić information content (AvgIpc) is 3.25. The molecule has 7 N–H and O–H groups in total. The summed E-state index contributed by atoms with van der Waals surface area (Å²) in [5.74, 6) is -2.30. The summed E-state index contributed by atoms with van der Waals surface area (Å²) in [6.07, 6.45) is 3.80. The number of nitrogens with zero attached hydrogens (tertiary/aromatic N) is 1. The Hall–Kier alpha value is -2.20. The second-order valence-electron chi connectivity index (χ2n) is 9.48. The number of carboxylic acid groups (broad SMARTS) is 1. The molecule has 5 unspecified atom stereocenters. The third-order valence-electron chi connectivity index (χ3n) is 6.24. The quantitative estimate of drug-likeness (QED) is 0.232. The van der Waals surface area contributed by atoms with Crippen molar-refractivity contribution in [2.75, 3.05) is 13.1 Å². The number of carbonyl (C=O) groups excluding carboxylic acids is 3. The molecule has 0 saturated carbocycles. The molecular weight excluding hydrogens is 426 g/mol. The fourth-order valence-corrected chi connectivity index (χ4v) is 4.06. The number of nitrogens with one attached hydrogen (secondary N) is 2. The van der Waals surface area contributed by atoms with Gasteiger partial charge in [-0.05, 0) is 56.9 Å². The van der Waals surface area contributed by atoms with Crippen LogP contribution in [0.3, 0.4) is 0 Å². The molecule has 1 saturated heterocycles. The van der Waals surface area contributed by atoms with Crippen molar-refractivity contribution in [1.29, 1.82) is 0 Å². The summed E-state index contributed by atoms with van der Waals surface area (Å²) >= 11 is 0. The van der Waals surface area contributed by atoms with Crippen LogP contribution in [0.15, 0.2) is 0 Å². The molecule has 1 rings (SSSR count). The van der Waals surface area contributed by atoms with E-state index in [1.165, 1.54) is 4.90 Å². The van der Waals surface area contributed by atoms with Crippen LogP contribution in [0.2, 0.25) is 0 Å². The fourth-order valence-electron chi connectivity index (χ4n) is 4.06. The predicted octanol–water partition coefficient (Wildman–Crippen LogP) is 0.580. The molecule has 0 aliphatic carbocycles. The van der Waals surface area contributed by atoms with Gasteiger partial charge >= 0.3 is 5.97 Å². The van der Waals surface area contributed by atoms with Crippen LogP contribution >= 0.6 is 0 Å². The highest BCUT2D eigenvalue weighted by atomic mass is 16.4. The summed E-state index contributed by atoms with van der Waals surface area (Å²) in [4.78, 5) is 51.9. The molecule has 10 nitrogen and oxygen atoms in total. The second-order valence-corrected chi connectivity index (χ2v) is 9.48. The van der Waals surface area contributed by atoms with Crippen LogP contribution in [0.4, 0.5) is 0 Å². The van der Waals surface area contributed by atoms with Crippen molar-refractivity contribution < 1.29 is 24.3 Å². The zero-order valence-corrected chi connectivity index (χ0v) is 20.5. The standard InChI is InChI=1S/C23H43N5O5/c1-5-15(4)19(22(31)28-12-8-10-18(28)23(32)33)27-21(30)17(9-6-7-11-24)26-20(29)16(25)13-14(2)3/h14-19H,5-13,24-25H2,1-4H3,(H,26,29)(H,27,30)(H,32,33). The minimum absolute atomic E-state index is 0.208. The Morgan fingerprint density at radius 2 is 1.76 bits per heavy atom. The van der Waals surface area contributed by atoms with Gasteiger partial charge in [-0.3, -0.25) is 14.4 Å². The second kappa shape index (κ2) is 14.1. The van der Waals surface area contributed by atoms with Crippen LogP contribution < -0.4 is 22.1 Å². The van der Waals surface area contributed by atoms with E-state index in [-0.39, 0.29) is 11.8 Å². The molecule has 0 bridgehead atoms. The first-order valence-corrected chi connectivity index (χ1v) is 12.1. The van der Waals surface area contributed by atoms with Gasteiger partial charge in [0.25, 0.3) is 0 Å². The zero-order valence-electron chi connectivity index (χ0n) is 20.5. The van der Waals surface area contributed by atoms with Crippen molar-refractivity contribution in [2.45, 2.75) is 96.8 Å². The number of rotatable bonds is 14. The Morgan fingerprint density at radius 3 is 2.30 bits per heavy atom. The Balaban J connectivity index is 3.00. The van der Waals surface area contributed by atoms with Crippen LogP contribution in [0.25, 0.3) is 0 Å². The summed E-state index contributed by atoms with van der Waals surface area (Å²) in [6, 6.07) is -3.34. The maximum Gasteiger partial charge on any atom is 0.326 e. The molecule has 5 atom stereocenters. The lowest BCUT2D eigenvalue weighted by atomic mass is 9.96. The van der Waals surface area contributed by atoms with Gasteiger partial charge in [-0.15, -0.1) is 0 Å². The van der Waals surface area contributed by atoms with Crippen molar-refractivity contribution >= 4 is 23.7 Å². The molecule has 0 aromatic carbocycles. The highest BCUT2D eigenvalue weighted by molar-refractivity contribution is 5.94. The van der Waals surface area contributed by atoms with E-state index in [1.54, 1.807) is 0 Å². The van der Waals surface area contributed by atoms with Crippen LogP contribution in [0, 0.1) is 11.8 Å². The third-order valence-corrected chi connectivity index (χ3v) is 6.24. The van der Waals surface area contributed by atoms with E-state index in [1.807, 2.05) is 27.7 Å². The number of aliphatic carboxylic acids is 1. The number of hydrogen-bond acceptors (Lipinski definition) is 6. The predicted molar refractivity (Wildman–Crippen MR) is 126 cm³/mol. The van der Waals surface area contributed by atoms with Crippen LogP contribution in [0.1, 0.15) is 72.6 Å². The van der Waals surface area contributed by atoms with E-state index < -0.39 is 47.9 Å². The molecule has 1 aliphatic heterocycles. The number of unbranched alkanes of at least 4 members (excludes halogenated alkanes) is 1. The SMILES string of the molecule is CCC(C)C(NC(=O)C(CCCCN)NC(=O)C(N)CC(C)C)C(=O)N1CCCC1C(=O)O. The van der Waals surface area contributed by atoms with E-state index >= 15 is 0 Å². The molecular formula is C23H43N5O5. The molecule has 3 amide bonds. The van der Waals surface area contributed by atoms with Gasteiger partial charge < -0.3 is 32.1 Å². The lowest BCUT2D eigenvalue weighted by Gasteiger charge is -2.31. The van der Waals surface area contributed by atoms with Gasteiger partial charge in [-0.1, -0.05) is 34.1 Å². The van der Waals surface area contributed by atoms with E-state index in [4.69, 9.17) is 11.5 Å². The molecule has 0 aromatic rings. The molecule has 0 aromatic heterocycles. The molecule has 1 aliphatic rings. The number of hydrogen-bond donors (Lipinski definition) is 5. The summed E-state index contributed by atoms with van der Waals surface area (Å²) in [6.45, 7) is 8.48. The van der Waals surface area contributed by atoms with Gasteiger partial charge in [-0.2, -0.15) is 0 Å². The first kappa shape index (κ1) is 28.8. The van der Waals surface area contributed by atoms with E-state index in [9.17, 15) is 24.3 Å². The van der Waals surface area contributed by atoms with E-state index in [2.05, 4.69) is 10.6 Å². The molecule has 1 fully saturated rings. The first-order valence-electron chi connectivity index (χ1n) is 12.1. The normalized spacial score (nSPS) is 19.6. The highest BCUT2D eigenvalue weighted by Gasteiger charge is 2.39. The lowest BCUT2D eigenvalue weighted by molar-refractivity contribution is -0.150. The number of carbonyl (C=O) groups is 4. The Morgan fingerprint density at radius 1 is 1.09 bits per heavy atom. The zero-order chi connectivity index (χ0) is 25.1. The maximum atomic E-state index is 13.3. The first-order chi connectivity index (χ1) is 15.5. The van der Waals surface area contributed by atoms with E-state index in [0.717, 1.165) is 0 Å². The van der Waals surface area contributed by atoms with Gasteiger partial charge in [0, 0.05) is 6.54 Å². The molecule has 190 valence electrons. The largest absolute Gasteiger partial charge is 0.480 e. The molecule has 33 heavy (non-hydrogen) atoms. The summed E-state index contributed by atoms with van der Waals surface area (Å²) in [7, 11) is 0. The van der Waals surface area contributed by atoms with Gasteiger partial charge in [0.2, 0.25) is 17.7 Å². The summed E-state index contributed by atoms with van der Waals surface area (Å²) < 4.78 is 0.